The summed E-state index contributed by atoms with van der Waals surface area (Å²) in [5, 5.41) is 2.80. The Kier molecular flexibility index (Phi) is 5.34. The Morgan fingerprint density at radius 3 is 2.42 bits per heavy atom. The van der Waals surface area contributed by atoms with Gasteiger partial charge in [0.1, 0.15) is 0 Å². The number of rotatable bonds is 5. The van der Waals surface area contributed by atoms with Crippen LogP contribution in [0.2, 0.25) is 0 Å². The molecule has 1 aliphatic rings. The minimum absolute atomic E-state index is 0.0735. The van der Waals surface area contributed by atoms with Gasteiger partial charge < -0.3 is 11.1 Å². The molecule has 0 radical (unpaired) electrons. The molecule has 0 heterocycles. The zero-order valence-electron chi connectivity index (χ0n) is 11.9. The number of sulfonamides is 1. The molecule has 0 aromatic carbocycles. The fourth-order valence-corrected chi connectivity index (χ4v) is 3.54. The smallest absolute Gasteiger partial charge is 0.224 e. The second kappa shape index (κ2) is 6.19. The molecule has 112 valence electrons. The van der Waals surface area contributed by atoms with Crippen LogP contribution >= 0.6 is 0 Å². The molecule has 7 heteroatoms. The van der Waals surface area contributed by atoms with Gasteiger partial charge in [-0.15, -0.1) is 0 Å². The van der Waals surface area contributed by atoms with E-state index >= 15 is 0 Å². The van der Waals surface area contributed by atoms with Crippen LogP contribution in [0.4, 0.5) is 0 Å². The van der Waals surface area contributed by atoms with Crippen molar-refractivity contribution in [1.29, 1.82) is 0 Å². The highest BCUT2D eigenvalue weighted by Crippen LogP contribution is 2.23. The average Bonchev–Trinajstić information content (AvgIpc) is 2.23. The van der Waals surface area contributed by atoms with Crippen molar-refractivity contribution in [3.8, 4) is 0 Å². The van der Waals surface area contributed by atoms with E-state index in [1.807, 2.05) is 0 Å². The molecule has 1 rings (SSSR count). The molecule has 0 aliphatic heterocycles. The normalized spacial score (nSPS) is 25.1. The lowest BCUT2D eigenvalue weighted by Gasteiger charge is -2.30. The summed E-state index contributed by atoms with van der Waals surface area (Å²) in [5.41, 5.74) is 5.24. The molecular formula is C12H25N3O3S. The molecule has 6 nitrogen and oxygen atoms in total. The topological polar surface area (TPSA) is 101 Å². The molecule has 0 saturated heterocycles. The first kappa shape index (κ1) is 16.4. The van der Waals surface area contributed by atoms with E-state index in [0.29, 0.717) is 0 Å². The first-order valence-corrected chi connectivity index (χ1v) is 8.52. The second-order valence-corrected chi connectivity index (χ2v) is 7.78. The van der Waals surface area contributed by atoms with Crippen molar-refractivity contribution >= 4 is 15.9 Å². The second-order valence-electron chi connectivity index (χ2n) is 6.03. The van der Waals surface area contributed by atoms with Crippen LogP contribution in [0.15, 0.2) is 0 Å². The molecule has 2 atom stereocenters. The Labute approximate surface area is 115 Å². The number of carbonyl (C=O) groups is 1. The lowest BCUT2D eigenvalue weighted by atomic mass is 9.84. The minimum atomic E-state index is -3.29. The molecule has 1 fully saturated rings. The standard InChI is InChI=1S/C12H25N3O3S/c1-12(2,15-19(3,17)18)8-14-11(16)9-6-4-5-7-10(9)13/h9-10,15H,4-8,13H2,1-3H3,(H,14,16). The van der Waals surface area contributed by atoms with Gasteiger partial charge in [-0.05, 0) is 26.7 Å². The third-order valence-corrected chi connectivity index (χ3v) is 4.25. The number of amides is 1. The summed E-state index contributed by atoms with van der Waals surface area (Å²) in [6, 6.07) is -0.0836. The molecule has 1 amide bonds. The number of nitrogens with one attached hydrogen (secondary N) is 2. The van der Waals surface area contributed by atoms with Gasteiger partial charge in [-0.2, -0.15) is 0 Å². The molecule has 0 aromatic rings. The van der Waals surface area contributed by atoms with Crippen LogP contribution in [-0.4, -0.2) is 38.7 Å². The van der Waals surface area contributed by atoms with Crippen LogP contribution in [0, 0.1) is 5.92 Å². The summed E-state index contributed by atoms with van der Waals surface area (Å²) in [7, 11) is -3.29. The molecule has 4 N–H and O–H groups in total. The fraction of sp³-hybridized carbons (Fsp3) is 0.917. The van der Waals surface area contributed by atoms with Crippen molar-refractivity contribution in [2.45, 2.75) is 51.1 Å². The van der Waals surface area contributed by atoms with Gasteiger partial charge in [-0.3, -0.25) is 4.79 Å². The van der Waals surface area contributed by atoms with Crippen LogP contribution in [0.5, 0.6) is 0 Å². The van der Waals surface area contributed by atoms with E-state index in [1.165, 1.54) is 0 Å². The quantitative estimate of drug-likeness (QED) is 0.661. The molecule has 19 heavy (non-hydrogen) atoms. The Bertz CT molecular complexity index is 420. The van der Waals surface area contributed by atoms with Crippen LogP contribution in [0.25, 0.3) is 0 Å². The zero-order valence-corrected chi connectivity index (χ0v) is 12.7. The van der Waals surface area contributed by atoms with Crippen molar-refractivity contribution in [2.75, 3.05) is 12.8 Å². The highest BCUT2D eigenvalue weighted by molar-refractivity contribution is 7.88. The Hall–Kier alpha value is -0.660. The van der Waals surface area contributed by atoms with Crippen molar-refractivity contribution in [2.24, 2.45) is 11.7 Å². The number of hydrogen-bond donors (Lipinski definition) is 3. The lowest BCUT2D eigenvalue weighted by molar-refractivity contribution is -0.126. The summed E-state index contributed by atoms with van der Waals surface area (Å²) in [6.45, 7) is 3.71. The number of nitrogens with two attached hydrogens (primary N) is 1. The monoisotopic (exact) mass is 291 g/mol. The number of hydrogen-bond acceptors (Lipinski definition) is 4. The fourth-order valence-electron chi connectivity index (χ4n) is 2.46. The molecule has 0 aromatic heterocycles. The predicted octanol–water partition coefficient (Wildman–Crippen LogP) is -0.0521. The van der Waals surface area contributed by atoms with Crippen molar-refractivity contribution in [3.05, 3.63) is 0 Å². The van der Waals surface area contributed by atoms with Crippen molar-refractivity contribution in [1.82, 2.24) is 10.0 Å². The van der Waals surface area contributed by atoms with E-state index in [4.69, 9.17) is 5.73 Å². The highest BCUT2D eigenvalue weighted by atomic mass is 32.2. The minimum Gasteiger partial charge on any atom is -0.354 e. The first-order chi connectivity index (χ1) is 8.61. The summed E-state index contributed by atoms with van der Waals surface area (Å²) in [6.07, 6.45) is 4.90. The van der Waals surface area contributed by atoms with Gasteiger partial charge in [0, 0.05) is 18.1 Å². The van der Waals surface area contributed by atoms with Gasteiger partial charge in [0.25, 0.3) is 0 Å². The third kappa shape index (κ3) is 5.88. The largest absolute Gasteiger partial charge is 0.354 e. The van der Waals surface area contributed by atoms with Gasteiger partial charge in [-0.25, -0.2) is 13.1 Å². The lowest BCUT2D eigenvalue weighted by Crippen LogP contribution is -2.53. The summed E-state index contributed by atoms with van der Waals surface area (Å²) < 4.78 is 24.9. The molecule has 0 spiro atoms. The van der Waals surface area contributed by atoms with Crippen LogP contribution < -0.4 is 15.8 Å². The van der Waals surface area contributed by atoms with Crippen LogP contribution in [0.3, 0.4) is 0 Å². The van der Waals surface area contributed by atoms with Crippen molar-refractivity contribution < 1.29 is 13.2 Å². The first-order valence-electron chi connectivity index (χ1n) is 6.63. The van der Waals surface area contributed by atoms with E-state index in [-0.39, 0.29) is 24.4 Å². The van der Waals surface area contributed by atoms with Gasteiger partial charge in [-0.1, -0.05) is 12.8 Å². The summed E-state index contributed by atoms with van der Waals surface area (Å²) in [4.78, 5) is 12.1. The highest BCUT2D eigenvalue weighted by Gasteiger charge is 2.30. The third-order valence-electron chi connectivity index (χ3n) is 3.32. The van der Waals surface area contributed by atoms with Crippen molar-refractivity contribution in [3.63, 3.8) is 0 Å². The van der Waals surface area contributed by atoms with E-state index in [1.54, 1.807) is 13.8 Å². The molecule has 1 saturated carbocycles. The molecular weight excluding hydrogens is 266 g/mol. The predicted molar refractivity (Wildman–Crippen MR) is 75.0 cm³/mol. The SMILES string of the molecule is CC(C)(CNC(=O)C1CCCCC1N)NS(C)(=O)=O. The summed E-state index contributed by atoms with van der Waals surface area (Å²) >= 11 is 0. The Morgan fingerprint density at radius 1 is 1.32 bits per heavy atom. The van der Waals surface area contributed by atoms with E-state index < -0.39 is 15.6 Å². The van der Waals surface area contributed by atoms with E-state index in [9.17, 15) is 13.2 Å². The maximum absolute atomic E-state index is 12.1. The van der Waals surface area contributed by atoms with Crippen LogP contribution in [0.1, 0.15) is 39.5 Å². The molecule has 0 bridgehead atoms. The number of carbonyl (C=O) groups excluding carboxylic acids is 1. The van der Waals surface area contributed by atoms with Gasteiger partial charge >= 0.3 is 0 Å². The van der Waals surface area contributed by atoms with Crippen LogP contribution in [-0.2, 0) is 14.8 Å². The van der Waals surface area contributed by atoms with E-state index in [2.05, 4.69) is 10.0 Å². The van der Waals surface area contributed by atoms with Gasteiger partial charge in [0.2, 0.25) is 15.9 Å². The molecule has 2 unspecified atom stereocenters. The average molecular weight is 291 g/mol. The maximum atomic E-state index is 12.1. The summed E-state index contributed by atoms with van der Waals surface area (Å²) in [5.74, 6) is -0.224. The molecule has 1 aliphatic carbocycles. The van der Waals surface area contributed by atoms with E-state index in [0.717, 1.165) is 31.9 Å². The maximum Gasteiger partial charge on any atom is 0.224 e. The van der Waals surface area contributed by atoms with Gasteiger partial charge in [0.15, 0.2) is 0 Å². The Morgan fingerprint density at radius 2 is 1.89 bits per heavy atom. The zero-order chi connectivity index (χ0) is 14.7. The Balaban J connectivity index is 2.49. The van der Waals surface area contributed by atoms with Gasteiger partial charge in [0.05, 0.1) is 12.2 Å².